The van der Waals surface area contributed by atoms with Gasteiger partial charge in [0.2, 0.25) is 5.95 Å². The average Bonchev–Trinajstić information content (AvgIpc) is 2.99. The summed E-state index contributed by atoms with van der Waals surface area (Å²) in [4.78, 5) is 23.3. The Kier molecular flexibility index (Phi) is 8.12. The predicted octanol–water partition coefficient (Wildman–Crippen LogP) is 4.09. The predicted molar refractivity (Wildman–Crippen MR) is 149 cm³/mol. The molecule has 1 saturated carbocycles. The SMILES string of the molecule is c1cnc2c(OC3CCC(Nc4ncc(CCN5CCCCC5)cn4)CC3)cc(N3CCOCC3)cc2n1. The quantitative estimate of drug-likeness (QED) is 0.475. The fourth-order valence-electron chi connectivity index (χ4n) is 5.84. The molecule has 0 unspecified atom stereocenters. The second-order valence-electron chi connectivity index (χ2n) is 10.8. The molecule has 1 aliphatic carbocycles. The number of anilines is 2. The molecule has 3 fully saturated rings. The summed E-state index contributed by atoms with van der Waals surface area (Å²) in [6.45, 7) is 6.82. The van der Waals surface area contributed by atoms with Crippen LogP contribution in [0.4, 0.5) is 11.6 Å². The van der Waals surface area contributed by atoms with Gasteiger partial charge in [-0.1, -0.05) is 6.42 Å². The summed E-state index contributed by atoms with van der Waals surface area (Å²) >= 11 is 0. The fourth-order valence-corrected chi connectivity index (χ4v) is 5.84. The monoisotopic (exact) mass is 517 g/mol. The average molecular weight is 518 g/mol. The van der Waals surface area contributed by atoms with E-state index in [1.807, 2.05) is 12.4 Å². The number of piperidine rings is 1. The Hall–Kier alpha value is -3.04. The van der Waals surface area contributed by atoms with Crippen molar-refractivity contribution in [3.05, 3.63) is 42.5 Å². The molecule has 9 nitrogen and oxygen atoms in total. The zero-order valence-corrected chi connectivity index (χ0v) is 22.2. The molecule has 3 aromatic rings. The number of hydrogen-bond donors (Lipinski definition) is 1. The van der Waals surface area contributed by atoms with Crippen molar-refractivity contribution in [3.63, 3.8) is 0 Å². The normalized spacial score (nSPS) is 22.9. The van der Waals surface area contributed by atoms with Crippen molar-refractivity contribution in [1.82, 2.24) is 24.8 Å². The first-order valence-electron chi connectivity index (χ1n) is 14.3. The first-order chi connectivity index (χ1) is 18.8. The van der Waals surface area contributed by atoms with Crippen molar-refractivity contribution >= 4 is 22.7 Å². The topological polar surface area (TPSA) is 88.5 Å². The fraction of sp³-hybridized carbons (Fsp3) is 0.586. The number of hydrogen-bond acceptors (Lipinski definition) is 9. The minimum absolute atomic E-state index is 0.163. The van der Waals surface area contributed by atoms with Crippen LogP contribution in [-0.2, 0) is 11.2 Å². The highest BCUT2D eigenvalue weighted by molar-refractivity contribution is 5.85. The molecule has 6 rings (SSSR count). The van der Waals surface area contributed by atoms with Crippen molar-refractivity contribution in [3.8, 4) is 5.75 Å². The van der Waals surface area contributed by atoms with E-state index in [0.29, 0.717) is 6.04 Å². The first kappa shape index (κ1) is 25.2. The van der Waals surface area contributed by atoms with E-state index in [-0.39, 0.29) is 6.10 Å². The summed E-state index contributed by atoms with van der Waals surface area (Å²) in [5.41, 5.74) is 4.05. The minimum atomic E-state index is 0.163. The van der Waals surface area contributed by atoms with Crippen molar-refractivity contribution in [2.75, 3.05) is 56.2 Å². The van der Waals surface area contributed by atoms with Crippen LogP contribution in [0.1, 0.15) is 50.5 Å². The lowest BCUT2D eigenvalue weighted by Gasteiger charge is -2.31. The molecule has 1 N–H and O–H groups in total. The van der Waals surface area contributed by atoms with Crippen LogP contribution in [0.3, 0.4) is 0 Å². The Morgan fingerprint density at radius 3 is 2.42 bits per heavy atom. The Balaban J connectivity index is 1.02. The van der Waals surface area contributed by atoms with Gasteiger partial charge >= 0.3 is 0 Å². The highest BCUT2D eigenvalue weighted by Gasteiger charge is 2.25. The highest BCUT2D eigenvalue weighted by Crippen LogP contribution is 2.33. The summed E-state index contributed by atoms with van der Waals surface area (Å²) in [6, 6.07) is 4.61. The van der Waals surface area contributed by atoms with Gasteiger partial charge in [-0.2, -0.15) is 0 Å². The maximum atomic E-state index is 6.57. The number of ether oxygens (including phenoxy) is 2. The molecule has 0 spiro atoms. The molecule has 38 heavy (non-hydrogen) atoms. The summed E-state index contributed by atoms with van der Waals surface area (Å²) in [5.74, 6) is 1.56. The van der Waals surface area contributed by atoms with Gasteiger partial charge in [-0.25, -0.2) is 15.0 Å². The van der Waals surface area contributed by atoms with E-state index in [4.69, 9.17) is 9.47 Å². The van der Waals surface area contributed by atoms with Crippen LogP contribution >= 0.6 is 0 Å². The Morgan fingerprint density at radius 2 is 1.63 bits per heavy atom. The lowest BCUT2D eigenvalue weighted by molar-refractivity contribution is 0.122. The molecule has 4 heterocycles. The molecule has 202 valence electrons. The third kappa shape index (κ3) is 6.32. The van der Waals surface area contributed by atoms with Gasteiger partial charge < -0.3 is 24.6 Å². The summed E-state index contributed by atoms with van der Waals surface area (Å²) in [7, 11) is 0. The molecule has 0 bridgehead atoms. The summed E-state index contributed by atoms with van der Waals surface area (Å²) < 4.78 is 12.1. The number of likely N-dealkylation sites (tertiary alicyclic amines) is 1. The molecule has 0 radical (unpaired) electrons. The van der Waals surface area contributed by atoms with Crippen molar-refractivity contribution in [2.24, 2.45) is 0 Å². The van der Waals surface area contributed by atoms with Crippen molar-refractivity contribution in [2.45, 2.75) is 63.5 Å². The molecule has 1 aromatic carbocycles. The minimum Gasteiger partial charge on any atom is -0.488 e. The number of nitrogens with one attached hydrogen (secondary N) is 1. The van der Waals surface area contributed by atoms with E-state index >= 15 is 0 Å². The van der Waals surface area contributed by atoms with Crippen LogP contribution in [0.15, 0.2) is 36.9 Å². The van der Waals surface area contributed by atoms with Gasteiger partial charge in [0.15, 0.2) is 0 Å². The molecule has 2 aromatic heterocycles. The van der Waals surface area contributed by atoms with Gasteiger partial charge in [0, 0.05) is 62.2 Å². The molecule has 2 saturated heterocycles. The molecule has 9 heteroatoms. The molecule has 0 atom stereocenters. The van der Waals surface area contributed by atoms with Crippen molar-refractivity contribution < 1.29 is 9.47 Å². The first-order valence-corrected chi connectivity index (χ1v) is 14.3. The molecule has 0 amide bonds. The maximum Gasteiger partial charge on any atom is 0.222 e. The van der Waals surface area contributed by atoms with Crippen LogP contribution in [0, 0.1) is 0 Å². The Morgan fingerprint density at radius 1 is 0.868 bits per heavy atom. The largest absolute Gasteiger partial charge is 0.488 e. The lowest BCUT2D eigenvalue weighted by Crippen LogP contribution is -2.36. The van der Waals surface area contributed by atoms with Crippen LogP contribution in [0.2, 0.25) is 0 Å². The molecular formula is C29H39N7O2. The Labute approximate surface area is 225 Å². The number of morpholine rings is 1. The van der Waals surface area contributed by atoms with E-state index in [9.17, 15) is 0 Å². The summed E-state index contributed by atoms with van der Waals surface area (Å²) in [5, 5.41) is 3.55. The number of fused-ring (bicyclic) bond motifs is 1. The second kappa shape index (κ2) is 12.2. The lowest BCUT2D eigenvalue weighted by atomic mass is 9.93. The van der Waals surface area contributed by atoms with E-state index in [0.717, 1.165) is 93.4 Å². The molecule has 3 aliphatic rings. The smallest absolute Gasteiger partial charge is 0.222 e. The standard InChI is InChI=1S/C29H39N7O2/c1-2-11-35(12-3-1)13-8-22-20-32-29(33-21-22)34-23-4-6-25(7-5-23)38-27-19-24(36-14-16-37-17-15-36)18-26-28(27)31-10-9-30-26/h9-10,18-21,23,25H,1-8,11-17H2,(H,32,33,34). The second-order valence-corrected chi connectivity index (χ2v) is 10.8. The van der Waals surface area contributed by atoms with E-state index in [1.165, 1.54) is 37.9 Å². The highest BCUT2D eigenvalue weighted by atomic mass is 16.5. The van der Waals surface area contributed by atoms with Crippen LogP contribution in [0.25, 0.3) is 11.0 Å². The molecular weight excluding hydrogens is 478 g/mol. The van der Waals surface area contributed by atoms with E-state index < -0.39 is 0 Å². The van der Waals surface area contributed by atoms with E-state index in [1.54, 1.807) is 12.4 Å². The molecule has 2 aliphatic heterocycles. The zero-order chi connectivity index (χ0) is 25.6. The van der Waals surface area contributed by atoms with Gasteiger partial charge in [-0.05, 0) is 69.7 Å². The summed E-state index contributed by atoms with van der Waals surface area (Å²) in [6.07, 6.45) is 16.7. The van der Waals surface area contributed by atoms with Gasteiger partial charge in [-0.15, -0.1) is 0 Å². The van der Waals surface area contributed by atoms with Gasteiger partial charge in [0.1, 0.15) is 11.3 Å². The van der Waals surface area contributed by atoms with Crippen LogP contribution in [0.5, 0.6) is 5.75 Å². The number of nitrogens with zero attached hydrogens (tertiary/aromatic N) is 6. The maximum absolute atomic E-state index is 6.57. The van der Waals surface area contributed by atoms with Crippen molar-refractivity contribution in [1.29, 1.82) is 0 Å². The Bertz CT molecular complexity index is 1170. The van der Waals surface area contributed by atoms with Crippen LogP contribution < -0.4 is 15.0 Å². The number of aromatic nitrogens is 4. The third-order valence-electron chi connectivity index (χ3n) is 8.07. The number of rotatable bonds is 8. The van der Waals surface area contributed by atoms with E-state index in [2.05, 4.69) is 47.2 Å². The number of benzene rings is 1. The van der Waals surface area contributed by atoms with Gasteiger partial charge in [0.25, 0.3) is 0 Å². The zero-order valence-electron chi connectivity index (χ0n) is 22.2. The van der Waals surface area contributed by atoms with Gasteiger partial charge in [-0.3, -0.25) is 4.98 Å². The third-order valence-corrected chi connectivity index (χ3v) is 8.07. The van der Waals surface area contributed by atoms with Gasteiger partial charge in [0.05, 0.1) is 24.8 Å². The van der Waals surface area contributed by atoms with Crippen LogP contribution in [-0.4, -0.2) is 82.9 Å².